The highest BCUT2D eigenvalue weighted by Crippen LogP contribution is 2.17. The molecule has 0 unspecified atom stereocenters. The van der Waals surface area contributed by atoms with Crippen molar-refractivity contribution >= 4 is 21.6 Å². The van der Waals surface area contributed by atoms with Crippen LogP contribution in [-0.4, -0.2) is 47.7 Å². The van der Waals surface area contributed by atoms with Gasteiger partial charge in [-0.1, -0.05) is 0 Å². The third-order valence-corrected chi connectivity index (χ3v) is 4.99. The average molecular weight is 395 g/mol. The number of carbonyl (C=O) groups is 1. The van der Waals surface area contributed by atoms with Gasteiger partial charge in [0, 0.05) is 38.0 Å². The maximum Gasteiger partial charge on any atom is 0.261 e. The lowest BCUT2D eigenvalue weighted by atomic mass is 10.2. The van der Waals surface area contributed by atoms with Gasteiger partial charge in [0.2, 0.25) is 0 Å². The van der Waals surface area contributed by atoms with Crippen LogP contribution in [0.1, 0.15) is 10.4 Å². The quantitative estimate of drug-likeness (QED) is 0.531. The second-order valence-electron chi connectivity index (χ2n) is 5.64. The van der Waals surface area contributed by atoms with E-state index in [1.807, 2.05) is 0 Å². The molecule has 0 heterocycles. The third-order valence-electron chi connectivity index (χ3n) is 3.59. The van der Waals surface area contributed by atoms with Crippen LogP contribution in [0.15, 0.2) is 53.4 Å². The molecule has 146 valence electrons. The molecule has 0 aliphatic rings. The van der Waals surface area contributed by atoms with Crippen LogP contribution in [0.3, 0.4) is 0 Å². The number of halogens is 1. The van der Waals surface area contributed by atoms with Crippen molar-refractivity contribution < 1.29 is 22.3 Å². The summed E-state index contributed by atoms with van der Waals surface area (Å²) in [6, 6.07) is 10.5. The molecule has 1 amide bonds. The summed E-state index contributed by atoms with van der Waals surface area (Å²) in [4.78, 5) is 12.0. The molecule has 0 atom stereocenters. The van der Waals surface area contributed by atoms with E-state index in [9.17, 15) is 17.6 Å². The summed E-state index contributed by atoms with van der Waals surface area (Å²) in [7, 11) is -2.21. The lowest BCUT2D eigenvalue weighted by molar-refractivity contribution is 0.0953. The van der Waals surface area contributed by atoms with Crippen LogP contribution >= 0.6 is 0 Å². The molecule has 7 nitrogen and oxygen atoms in total. The molecule has 0 spiro atoms. The summed E-state index contributed by atoms with van der Waals surface area (Å²) in [5.74, 6) is -0.769. The number of carbonyl (C=O) groups excluding carboxylic acids is 1. The second-order valence-corrected chi connectivity index (χ2v) is 7.32. The van der Waals surface area contributed by atoms with E-state index in [2.05, 4.69) is 15.4 Å². The first-order chi connectivity index (χ1) is 12.9. The van der Waals surface area contributed by atoms with E-state index in [-0.39, 0.29) is 10.8 Å². The lowest BCUT2D eigenvalue weighted by Gasteiger charge is -2.09. The van der Waals surface area contributed by atoms with Gasteiger partial charge in [-0.15, -0.1) is 0 Å². The van der Waals surface area contributed by atoms with Gasteiger partial charge < -0.3 is 15.4 Å². The van der Waals surface area contributed by atoms with E-state index in [1.54, 1.807) is 7.11 Å². The van der Waals surface area contributed by atoms with E-state index in [0.29, 0.717) is 37.5 Å². The van der Waals surface area contributed by atoms with Crippen molar-refractivity contribution in [2.45, 2.75) is 4.90 Å². The molecule has 0 aliphatic heterocycles. The molecule has 0 aromatic heterocycles. The first kappa shape index (κ1) is 20.8. The minimum Gasteiger partial charge on any atom is -0.383 e. The zero-order chi connectivity index (χ0) is 19.7. The Bertz CT molecular complexity index is 840. The summed E-state index contributed by atoms with van der Waals surface area (Å²) in [5.41, 5.74) is 0.716. The van der Waals surface area contributed by atoms with Crippen molar-refractivity contribution in [3.05, 3.63) is 59.9 Å². The van der Waals surface area contributed by atoms with E-state index in [0.717, 1.165) is 12.1 Å². The van der Waals surface area contributed by atoms with Crippen LogP contribution in [-0.2, 0) is 14.8 Å². The van der Waals surface area contributed by atoms with Gasteiger partial charge in [-0.25, -0.2) is 12.8 Å². The molecule has 0 fully saturated rings. The predicted molar refractivity (Wildman–Crippen MR) is 101 cm³/mol. The number of sulfonamides is 1. The van der Waals surface area contributed by atoms with Gasteiger partial charge in [0.1, 0.15) is 5.82 Å². The number of hydrogen-bond acceptors (Lipinski definition) is 5. The molecule has 2 rings (SSSR count). The highest BCUT2D eigenvalue weighted by molar-refractivity contribution is 7.92. The fraction of sp³-hybridized carbons (Fsp3) is 0.278. The Morgan fingerprint density at radius 3 is 2.30 bits per heavy atom. The lowest BCUT2D eigenvalue weighted by Crippen LogP contribution is -2.33. The molecule has 3 N–H and O–H groups in total. The van der Waals surface area contributed by atoms with Crippen molar-refractivity contribution in [1.82, 2.24) is 10.6 Å². The SMILES string of the molecule is COCCNCCNC(=O)c1ccc(NS(=O)(=O)c2ccc(F)cc2)cc1. The number of amides is 1. The second kappa shape index (κ2) is 10.0. The zero-order valence-electron chi connectivity index (χ0n) is 14.9. The van der Waals surface area contributed by atoms with Crippen LogP contribution in [0.4, 0.5) is 10.1 Å². The summed E-state index contributed by atoms with van der Waals surface area (Å²) in [6.45, 7) is 2.38. The Balaban J connectivity index is 1.89. The molecular weight excluding hydrogens is 373 g/mol. The number of anilines is 1. The largest absolute Gasteiger partial charge is 0.383 e. The molecule has 2 aromatic carbocycles. The Labute approximate surface area is 158 Å². The number of hydrogen-bond donors (Lipinski definition) is 3. The summed E-state index contributed by atoms with van der Waals surface area (Å²) in [6.07, 6.45) is 0. The maximum absolute atomic E-state index is 12.9. The molecule has 2 aromatic rings. The van der Waals surface area contributed by atoms with Crippen molar-refractivity contribution in [1.29, 1.82) is 0 Å². The smallest absolute Gasteiger partial charge is 0.261 e. The summed E-state index contributed by atoms with van der Waals surface area (Å²) in [5, 5.41) is 5.87. The minimum absolute atomic E-state index is 0.0494. The number of nitrogens with one attached hydrogen (secondary N) is 3. The Morgan fingerprint density at radius 2 is 1.67 bits per heavy atom. The molecule has 0 bridgehead atoms. The monoisotopic (exact) mass is 395 g/mol. The highest BCUT2D eigenvalue weighted by Gasteiger charge is 2.14. The highest BCUT2D eigenvalue weighted by atomic mass is 32.2. The summed E-state index contributed by atoms with van der Waals surface area (Å²) < 4.78 is 44.7. The minimum atomic E-state index is -3.82. The van der Waals surface area contributed by atoms with Crippen LogP contribution in [0.5, 0.6) is 0 Å². The Kier molecular flexibility index (Phi) is 7.71. The van der Waals surface area contributed by atoms with Gasteiger partial charge in [-0.05, 0) is 48.5 Å². The maximum atomic E-state index is 12.9. The van der Waals surface area contributed by atoms with Crippen LogP contribution in [0.25, 0.3) is 0 Å². The van der Waals surface area contributed by atoms with Crippen molar-refractivity contribution in [3.63, 3.8) is 0 Å². The van der Waals surface area contributed by atoms with Gasteiger partial charge in [0.05, 0.1) is 11.5 Å². The van der Waals surface area contributed by atoms with Crippen LogP contribution in [0, 0.1) is 5.82 Å². The van der Waals surface area contributed by atoms with Crippen molar-refractivity contribution in [3.8, 4) is 0 Å². The first-order valence-corrected chi connectivity index (χ1v) is 9.77. The number of benzene rings is 2. The number of ether oxygens (including phenoxy) is 1. The fourth-order valence-electron chi connectivity index (χ4n) is 2.18. The first-order valence-electron chi connectivity index (χ1n) is 8.29. The molecule has 9 heteroatoms. The van der Waals surface area contributed by atoms with E-state index >= 15 is 0 Å². The van der Waals surface area contributed by atoms with Crippen molar-refractivity contribution in [2.24, 2.45) is 0 Å². The van der Waals surface area contributed by atoms with Crippen molar-refractivity contribution in [2.75, 3.05) is 38.1 Å². The van der Waals surface area contributed by atoms with E-state index < -0.39 is 15.8 Å². The molecule has 0 aliphatic carbocycles. The van der Waals surface area contributed by atoms with Gasteiger partial charge in [0.15, 0.2) is 0 Å². The molecule has 0 saturated heterocycles. The van der Waals surface area contributed by atoms with E-state index in [1.165, 1.54) is 36.4 Å². The fourth-order valence-corrected chi connectivity index (χ4v) is 3.24. The number of rotatable bonds is 10. The van der Waals surface area contributed by atoms with E-state index in [4.69, 9.17) is 4.74 Å². The Morgan fingerprint density at radius 1 is 1.00 bits per heavy atom. The normalized spacial score (nSPS) is 11.2. The van der Waals surface area contributed by atoms with Gasteiger partial charge in [-0.2, -0.15) is 0 Å². The van der Waals surface area contributed by atoms with Gasteiger partial charge in [0.25, 0.3) is 15.9 Å². The molecular formula is C18H22FN3O4S. The Hall–Kier alpha value is -2.49. The van der Waals surface area contributed by atoms with Crippen LogP contribution < -0.4 is 15.4 Å². The third kappa shape index (κ3) is 6.63. The standard InChI is InChI=1S/C18H22FN3O4S/c1-26-13-12-20-10-11-21-18(23)14-2-6-16(7-3-14)22-27(24,25)17-8-4-15(19)5-9-17/h2-9,20,22H,10-13H2,1H3,(H,21,23). The topological polar surface area (TPSA) is 96.5 Å². The molecule has 0 radical (unpaired) electrons. The van der Waals surface area contributed by atoms with Crippen LogP contribution in [0.2, 0.25) is 0 Å². The predicted octanol–water partition coefficient (Wildman–Crippen LogP) is 1.59. The summed E-state index contributed by atoms with van der Waals surface area (Å²) >= 11 is 0. The van der Waals surface area contributed by atoms with Gasteiger partial charge >= 0.3 is 0 Å². The average Bonchev–Trinajstić information content (AvgIpc) is 2.65. The van der Waals surface area contributed by atoms with Gasteiger partial charge in [-0.3, -0.25) is 9.52 Å². The zero-order valence-corrected chi connectivity index (χ0v) is 15.7. The number of methoxy groups -OCH3 is 1. The molecule has 0 saturated carbocycles. The molecule has 27 heavy (non-hydrogen) atoms.